The second-order valence-electron chi connectivity index (χ2n) is 7.45. The highest BCUT2D eigenvalue weighted by Crippen LogP contribution is 2.27. The molecule has 4 rings (SSSR count). The number of nitrogens with one attached hydrogen (secondary N) is 1. The first-order chi connectivity index (χ1) is 15.1. The number of thioether (sulfide) groups is 1. The minimum absolute atomic E-state index is 0.0235. The maximum atomic E-state index is 12.4. The van der Waals surface area contributed by atoms with Crippen molar-refractivity contribution in [2.24, 2.45) is 0 Å². The van der Waals surface area contributed by atoms with Crippen LogP contribution < -0.4 is 5.32 Å². The third kappa shape index (κ3) is 5.30. The van der Waals surface area contributed by atoms with Gasteiger partial charge in [0.1, 0.15) is 0 Å². The average molecular weight is 432 g/mol. The van der Waals surface area contributed by atoms with Crippen molar-refractivity contribution in [1.29, 1.82) is 0 Å². The minimum Gasteiger partial charge on any atom is -0.355 e. The molecule has 6 nitrogen and oxygen atoms in total. The lowest BCUT2D eigenvalue weighted by atomic mass is 9.88. The van der Waals surface area contributed by atoms with E-state index in [9.17, 15) is 4.79 Å². The van der Waals surface area contributed by atoms with E-state index in [0.717, 1.165) is 17.8 Å². The minimum atomic E-state index is -0.0235. The fraction of sp³-hybridized carbons (Fsp3) is 0.250. The van der Waals surface area contributed by atoms with E-state index in [-0.39, 0.29) is 17.6 Å². The Morgan fingerprint density at radius 2 is 1.65 bits per heavy atom. The Morgan fingerprint density at radius 3 is 2.29 bits per heavy atom. The topological polar surface area (TPSA) is 72.2 Å². The molecule has 0 aliphatic rings. The third-order valence-corrected chi connectivity index (χ3v) is 5.93. The van der Waals surface area contributed by atoms with E-state index in [1.807, 2.05) is 32.0 Å². The van der Waals surface area contributed by atoms with Gasteiger partial charge in [-0.3, -0.25) is 4.79 Å². The van der Waals surface area contributed by atoms with E-state index >= 15 is 0 Å². The predicted molar refractivity (Wildman–Crippen MR) is 123 cm³/mol. The van der Waals surface area contributed by atoms with Crippen molar-refractivity contribution in [2.75, 3.05) is 12.3 Å². The van der Waals surface area contributed by atoms with Gasteiger partial charge in [-0.15, -0.1) is 5.10 Å². The molecular weight excluding hydrogens is 406 g/mol. The van der Waals surface area contributed by atoms with Gasteiger partial charge in [-0.2, -0.15) is 4.98 Å². The predicted octanol–water partition coefficient (Wildman–Crippen LogP) is 4.17. The van der Waals surface area contributed by atoms with Crippen LogP contribution in [0.4, 0.5) is 0 Å². The fourth-order valence-corrected chi connectivity index (χ4v) is 4.29. The summed E-state index contributed by atoms with van der Waals surface area (Å²) < 4.78 is 1.71. The lowest BCUT2D eigenvalue weighted by Gasteiger charge is -2.18. The second kappa shape index (κ2) is 9.75. The molecule has 1 N–H and O–H groups in total. The molecule has 1 amide bonds. The van der Waals surface area contributed by atoms with Crippen molar-refractivity contribution in [3.8, 4) is 0 Å². The first kappa shape index (κ1) is 21.1. The first-order valence-corrected chi connectivity index (χ1v) is 11.3. The summed E-state index contributed by atoms with van der Waals surface area (Å²) in [5.41, 5.74) is 4.38. The van der Waals surface area contributed by atoms with Gasteiger partial charge in [0, 0.05) is 23.9 Å². The highest BCUT2D eigenvalue weighted by molar-refractivity contribution is 7.99. The molecule has 0 radical (unpaired) electrons. The molecule has 4 aromatic rings. The molecule has 0 aliphatic carbocycles. The number of hydrogen-bond donors (Lipinski definition) is 1. The van der Waals surface area contributed by atoms with Gasteiger partial charge in [0.05, 0.1) is 5.75 Å². The van der Waals surface area contributed by atoms with E-state index in [1.165, 1.54) is 22.9 Å². The molecule has 0 saturated heterocycles. The number of aryl methyl sites for hydroxylation is 2. The SMILES string of the molecule is Cc1cc(C)n2nc(SCC(=O)NCCC(c3ccccc3)c3ccccc3)nc2n1. The molecule has 7 heteroatoms. The summed E-state index contributed by atoms with van der Waals surface area (Å²) in [7, 11) is 0. The van der Waals surface area contributed by atoms with E-state index < -0.39 is 0 Å². The maximum absolute atomic E-state index is 12.4. The van der Waals surface area contributed by atoms with Crippen LogP contribution in [0, 0.1) is 13.8 Å². The largest absolute Gasteiger partial charge is 0.355 e. The zero-order valence-corrected chi connectivity index (χ0v) is 18.5. The summed E-state index contributed by atoms with van der Waals surface area (Å²) in [6, 6.07) is 22.8. The lowest BCUT2D eigenvalue weighted by Crippen LogP contribution is -2.27. The van der Waals surface area contributed by atoms with Crippen molar-refractivity contribution in [1.82, 2.24) is 24.9 Å². The molecule has 0 bridgehead atoms. The number of carbonyl (C=O) groups excluding carboxylic acids is 1. The maximum Gasteiger partial charge on any atom is 0.253 e. The molecule has 2 aromatic carbocycles. The van der Waals surface area contributed by atoms with Crippen LogP contribution in [0.5, 0.6) is 0 Å². The monoisotopic (exact) mass is 431 g/mol. The van der Waals surface area contributed by atoms with Crippen molar-refractivity contribution >= 4 is 23.4 Å². The Hall–Kier alpha value is -3.19. The molecule has 158 valence electrons. The van der Waals surface area contributed by atoms with Gasteiger partial charge in [-0.25, -0.2) is 9.50 Å². The number of amides is 1. The van der Waals surface area contributed by atoms with Crippen LogP contribution in [0.1, 0.15) is 34.9 Å². The first-order valence-electron chi connectivity index (χ1n) is 10.3. The highest BCUT2D eigenvalue weighted by Gasteiger charge is 2.15. The van der Waals surface area contributed by atoms with Crippen molar-refractivity contribution in [3.05, 3.63) is 89.2 Å². The lowest BCUT2D eigenvalue weighted by molar-refractivity contribution is -0.118. The Labute approximate surface area is 186 Å². The average Bonchev–Trinajstić information content (AvgIpc) is 3.20. The quantitative estimate of drug-likeness (QED) is 0.424. The standard InChI is InChI=1S/C24H25N5OS/c1-17-15-18(2)29-23(26-17)27-24(28-29)31-16-22(30)25-14-13-21(19-9-5-3-6-10-19)20-11-7-4-8-12-20/h3-12,15,21H,13-14,16H2,1-2H3,(H,25,30). The number of benzene rings is 2. The number of aromatic nitrogens is 4. The second-order valence-corrected chi connectivity index (χ2v) is 8.39. The molecule has 0 atom stereocenters. The zero-order chi connectivity index (χ0) is 21.6. The normalized spacial score (nSPS) is 11.2. The summed E-state index contributed by atoms with van der Waals surface area (Å²) in [6.45, 7) is 4.50. The number of hydrogen-bond acceptors (Lipinski definition) is 5. The molecule has 0 aliphatic heterocycles. The molecular formula is C24H25N5OS. The fourth-order valence-electron chi connectivity index (χ4n) is 3.64. The summed E-state index contributed by atoms with van der Waals surface area (Å²) in [6.07, 6.45) is 0.833. The van der Waals surface area contributed by atoms with Crippen LogP contribution in [0.25, 0.3) is 5.78 Å². The Morgan fingerprint density at radius 1 is 1.00 bits per heavy atom. The molecule has 2 aromatic heterocycles. The molecule has 2 heterocycles. The van der Waals surface area contributed by atoms with Crippen LogP contribution in [0.15, 0.2) is 71.9 Å². The third-order valence-electron chi connectivity index (χ3n) is 5.09. The highest BCUT2D eigenvalue weighted by atomic mass is 32.2. The van der Waals surface area contributed by atoms with Crippen LogP contribution >= 0.6 is 11.8 Å². The Bertz CT molecular complexity index is 1120. The molecule has 0 saturated carbocycles. The van der Waals surface area contributed by atoms with E-state index in [2.05, 4.69) is 68.9 Å². The van der Waals surface area contributed by atoms with Crippen LogP contribution in [0.2, 0.25) is 0 Å². The smallest absolute Gasteiger partial charge is 0.253 e. The van der Waals surface area contributed by atoms with Gasteiger partial charge in [0.25, 0.3) is 5.78 Å². The van der Waals surface area contributed by atoms with Gasteiger partial charge >= 0.3 is 0 Å². The summed E-state index contributed by atoms with van der Waals surface area (Å²) >= 11 is 1.33. The van der Waals surface area contributed by atoms with Gasteiger partial charge in [-0.05, 0) is 37.5 Å². The van der Waals surface area contributed by atoms with E-state index in [1.54, 1.807) is 4.52 Å². The van der Waals surface area contributed by atoms with Crippen LogP contribution in [-0.4, -0.2) is 37.8 Å². The summed E-state index contributed by atoms with van der Waals surface area (Å²) in [5, 5.41) is 8.04. The molecule has 31 heavy (non-hydrogen) atoms. The van der Waals surface area contributed by atoms with Gasteiger partial charge < -0.3 is 5.32 Å². The molecule has 0 spiro atoms. The van der Waals surface area contributed by atoms with Crippen LogP contribution in [0.3, 0.4) is 0 Å². The van der Waals surface area contributed by atoms with Crippen molar-refractivity contribution in [2.45, 2.75) is 31.3 Å². The Kier molecular flexibility index (Phi) is 6.62. The number of carbonyl (C=O) groups is 1. The molecule has 0 unspecified atom stereocenters. The van der Waals surface area contributed by atoms with E-state index in [4.69, 9.17) is 0 Å². The number of fused-ring (bicyclic) bond motifs is 1. The van der Waals surface area contributed by atoms with Crippen LogP contribution in [-0.2, 0) is 4.79 Å². The summed E-state index contributed by atoms with van der Waals surface area (Å²) in [4.78, 5) is 21.2. The summed E-state index contributed by atoms with van der Waals surface area (Å²) in [5.74, 6) is 1.06. The van der Waals surface area contributed by atoms with Gasteiger partial charge in [0.2, 0.25) is 11.1 Å². The number of rotatable bonds is 8. The van der Waals surface area contributed by atoms with Crippen molar-refractivity contribution < 1.29 is 4.79 Å². The van der Waals surface area contributed by atoms with Crippen molar-refractivity contribution in [3.63, 3.8) is 0 Å². The van der Waals surface area contributed by atoms with E-state index in [0.29, 0.717) is 17.5 Å². The number of nitrogens with zero attached hydrogens (tertiary/aromatic N) is 4. The Balaban J connectivity index is 1.33. The van der Waals surface area contributed by atoms with Gasteiger partial charge in [0.15, 0.2) is 0 Å². The molecule has 0 fully saturated rings. The zero-order valence-electron chi connectivity index (χ0n) is 17.7. The van der Waals surface area contributed by atoms with Gasteiger partial charge in [-0.1, -0.05) is 72.4 Å².